The zero-order chi connectivity index (χ0) is 22.6. The zero-order valence-electron chi connectivity index (χ0n) is 17.3. The van der Waals surface area contributed by atoms with Gasteiger partial charge in [-0.2, -0.15) is 0 Å². The van der Waals surface area contributed by atoms with Crippen molar-refractivity contribution in [2.45, 2.75) is 25.6 Å². The predicted molar refractivity (Wildman–Crippen MR) is 118 cm³/mol. The van der Waals surface area contributed by atoms with Crippen LogP contribution in [-0.4, -0.2) is 29.4 Å². The first kappa shape index (κ1) is 21.7. The van der Waals surface area contributed by atoms with Gasteiger partial charge in [0.2, 0.25) is 0 Å². The molecule has 0 atom stereocenters. The highest BCUT2D eigenvalue weighted by Gasteiger charge is 2.31. The maximum Gasteiger partial charge on any atom is 0.573 e. The van der Waals surface area contributed by atoms with Crippen molar-refractivity contribution in [2.24, 2.45) is 5.92 Å². The third-order valence-corrected chi connectivity index (χ3v) is 5.49. The van der Waals surface area contributed by atoms with E-state index in [1.54, 1.807) is 0 Å². The summed E-state index contributed by atoms with van der Waals surface area (Å²) >= 11 is 0. The molecule has 168 valence electrons. The van der Waals surface area contributed by atoms with Gasteiger partial charge in [0.15, 0.2) is 11.6 Å². The van der Waals surface area contributed by atoms with Crippen LogP contribution >= 0.6 is 0 Å². The van der Waals surface area contributed by atoms with Crippen LogP contribution < -0.4 is 20.7 Å². The third-order valence-electron chi connectivity index (χ3n) is 5.49. The maximum absolute atomic E-state index is 12.3. The lowest BCUT2D eigenvalue weighted by Gasteiger charge is -2.33. The van der Waals surface area contributed by atoms with Gasteiger partial charge in [0.25, 0.3) is 0 Å². The number of nitrogen functional groups attached to an aromatic ring is 1. The Kier molecular flexibility index (Phi) is 6.34. The second kappa shape index (κ2) is 9.33. The molecular weight excluding hydrogens is 419 g/mol. The smallest absolute Gasteiger partial charge is 0.406 e. The Morgan fingerprint density at radius 3 is 2.34 bits per heavy atom. The van der Waals surface area contributed by atoms with Gasteiger partial charge >= 0.3 is 6.36 Å². The first-order valence-corrected chi connectivity index (χ1v) is 10.4. The first-order valence-electron chi connectivity index (χ1n) is 10.4. The van der Waals surface area contributed by atoms with Gasteiger partial charge in [-0.25, -0.2) is 9.97 Å². The van der Waals surface area contributed by atoms with E-state index in [2.05, 4.69) is 49.2 Å². The van der Waals surface area contributed by atoms with Crippen molar-refractivity contribution in [1.29, 1.82) is 0 Å². The molecule has 4 rings (SSSR count). The fourth-order valence-electron chi connectivity index (χ4n) is 3.91. The summed E-state index contributed by atoms with van der Waals surface area (Å²) in [4.78, 5) is 10.7. The molecule has 0 spiro atoms. The molecule has 0 radical (unpaired) electrons. The minimum absolute atomic E-state index is 0.294. The highest BCUT2D eigenvalue weighted by atomic mass is 19.4. The normalized spacial score (nSPS) is 14.9. The first-order chi connectivity index (χ1) is 15.4. The molecule has 0 aliphatic carbocycles. The Balaban J connectivity index is 1.38. The van der Waals surface area contributed by atoms with Crippen LogP contribution in [0.25, 0.3) is 0 Å². The van der Waals surface area contributed by atoms with E-state index in [1.165, 1.54) is 36.2 Å². The second-order valence-electron chi connectivity index (χ2n) is 7.78. The summed E-state index contributed by atoms with van der Waals surface area (Å²) in [5.41, 5.74) is 8.63. The van der Waals surface area contributed by atoms with Gasteiger partial charge in [-0.1, -0.05) is 30.3 Å². The summed E-state index contributed by atoms with van der Waals surface area (Å²) in [6, 6.07) is 15.9. The minimum atomic E-state index is -4.73. The number of rotatable bonds is 6. The monoisotopic (exact) mass is 443 g/mol. The average molecular weight is 443 g/mol. The quantitative estimate of drug-likeness (QED) is 0.548. The van der Waals surface area contributed by atoms with Crippen LogP contribution in [-0.2, 0) is 6.42 Å². The molecule has 3 N–H and O–H groups in total. The van der Waals surface area contributed by atoms with Gasteiger partial charge in [0.1, 0.15) is 17.8 Å². The molecule has 6 nitrogen and oxygen atoms in total. The number of piperidine rings is 1. The predicted octanol–water partition coefficient (Wildman–Crippen LogP) is 5.16. The van der Waals surface area contributed by atoms with E-state index in [0.717, 1.165) is 32.4 Å². The van der Waals surface area contributed by atoms with Crippen molar-refractivity contribution in [2.75, 3.05) is 29.0 Å². The summed E-state index contributed by atoms with van der Waals surface area (Å²) in [6.45, 7) is 1.70. The standard InChI is InChI=1S/C23H24F3N5O/c24-23(25,26)32-19-8-6-18(7-9-19)30-21-20(27)22(29-15-28-21)31-12-10-17(11-13-31)14-16-4-2-1-3-5-16/h1-9,15,17H,10-14,27H2,(H,28,29,30). The zero-order valence-corrected chi connectivity index (χ0v) is 17.3. The molecule has 9 heteroatoms. The molecule has 0 bridgehead atoms. The molecule has 32 heavy (non-hydrogen) atoms. The van der Waals surface area contributed by atoms with Crippen LogP contribution in [0.2, 0.25) is 0 Å². The molecule has 2 heterocycles. The Bertz CT molecular complexity index is 1020. The van der Waals surface area contributed by atoms with E-state index in [1.807, 2.05) is 6.07 Å². The van der Waals surface area contributed by atoms with E-state index in [9.17, 15) is 13.2 Å². The molecule has 1 aromatic heterocycles. The van der Waals surface area contributed by atoms with Crippen molar-refractivity contribution in [1.82, 2.24) is 9.97 Å². The van der Waals surface area contributed by atoms with Gasteiger partial charge < -0.3 is 20.7 Å². The molecule has 0 unspecified atom stereocenters. The number of anilines is 4. The van der Waals surface area contributed by atoms with Crippen LogP contribution in [0.4, 0.5) is 36.2 Å². The second-order valence-corrected chi connectivity index (χ2v) is 7.78. The number of aromatic nitrogens is 2. The largest absolute Gasteiger partial charge is 0.573 e. The van der Waals surface area contributed by atoms with Crippen LogP contribution in [0.15, 0.2) is 60.9 Å². The summed E-state index contributed by atoms with van der Waals surface area (Å²) in [6.07, 6.45) is -0.140. The number of nitrogens with zero attached hydrogens (tertiary/aromatic N) is 3. The van der Waals surface area contributed by atoms with Crippen molar-refractivity contribution in [3.8, 4) is 5.75 Å². The van der Waals surface area contributed by atoms with Gasteiger partial charge in [-0.15, -0.1) is 13.2 Å². The van der Waals surface area contributed by atoms with Crippen molar-refractivity contribution < 1.29 is 17.9 Å². The van der Waals surface area contributed by atoms with Gasteiger partial charge in [-0.3, -0.25) is 0 Å². The lowest BCUT2D eigenvalue weighted by molar-refractivity contribution is -0.274. The topological polar surface area (TPSA) is 76.3 Å². The van der Waals surface area contributed by atoms with Crippen molar-refractivity contribution in [3.63, 3.8) is 0 Å². The van der Waals surface area contributed by atoms with E-state index >= 15 is 0 Å². The van der Waals surface area contributed by atoms with Crippen molar-refractivity contribution >= 4 is 23.0 Å². The summed E-state index contributed by atoms with van der Waals surface area (Å²) in [7, 11) is 0. The summed E-state index contributed by atoms with van der Waals surface area (Å²) in [5.74, 6) is 1.40. The number of hydrogen-bond acceptors (Lipinski definition) is 6. The number of nitrogens with two attached hydrogens (primary N) is 1. The number of benzene rings is 2. The summed E-state index contributed by atoms with van der Waals surface area (Å²) in [5, 5.41) is 3.04. The van der Waals surface area contributed by atoms with E-state index in [-0.39, 0.29) is 5.75 Å². The highest BCUT2D eigenvalue weighted by Crippen LogP contribution is 2.32. The van der Waals surface area contributed by atoms with Crippen molar-refractivity contribution in [3.05, 3.63) is 66.5 Å². The maximum atomic E-state index is 12.3. The molecule has 3 aromatic rings. The van der Waals surface area contributed by atoms with Gasteiger partial charge in [0.05, 0.1) is 0 Å². The van der Waals surface area contributed by atoms with Crippen LogP contribution in [0, 0.1) is 5.92 Å². The lowest BCUT2D eigenvalue weighted by atomic mass is 9.90. The number of hydrogen-bond donors (Lipinski definition) is 2. The Labute approximate surface area is 184 Å². The Hall–Kier alpha value is -3.49. The number of ether oxygens (including phenoxy) is 1. The number of nitrogens with one attached hydrogen (secondary N) is 1. The summed E-state index contributed by atoms with van der Waals surface area (Å²) < 4.78 is 40.9. The van der Waals surface area contributed by atoms with Gasteiger partial charge in [-0.05, 0) is 55.0 Å². The molecule has 2 aromatic carbocycles. The van der Waals surface area contributed by atoms with Crippen LogP contribution in [0.3, 0.4) is 0 Å². The molecule has 1 aliphatic rings. The molecule has 1 fully saturated rings. The fourth-order valence-corrected chi connectivity index (χ4v) is 3.91. The third kappa shape index (κ3) is 5.60. The highest BCUT2D eigenvalue weighted by molar-refractivity contribution is 5.78. The number of alkyl halides is 3. The van der Waals surface area contributed by atoms with Crippen LogP contribution in [0.1, 0.15) is 18.4 Å². The molecule has 0 saturated carbocycles. The molecule has 1 saturated heterocycles. The molecule has 0 amide bonds. The van der Waals surface area contributed by atoms with E-state index in [0.29, 0.717) is 28.9 Å². The Morgan fingerprint density at radius 2 is 1.69 bits per heavy atom. The lowest BCUT2D eigenvalue weighted by Crippen LogP contribution is -2.35. The van der Waals surface area contributed by atoms with Crippen LogP contribution in [0.5, 0.6) is 5.75 Å². The van der Waals surface area contributed by atoms with E-state index < -0.39 is 6.36 Å². The van der Waals surface area contributed by atoms with E-state index in [4.69, 9.17) is 5.73 Å². The molecule has 1 aliphatic heterocycles. The SMILES string of the molecule is Nc1c(Nc2ccc(OC(F)(F)F)cc2)ncnc1N1CCC(Cc2ccccc2)CC1. The Morgan fingerprint density at radius 1 is 1.00 bits per heavy atom. The number of halogens is 3. The van der Waals surface area contributed by atoms with Gasteiger partial charge in [0, 0.05) is 18.8 Å². The fraction of sp³-hybridized carbons (Fsp3) is 0.304. The average Bonchev–Trinajstić information content (AvgIpc) is 2.77. The minimum Gasteiger partial charge on any atom is -0.406 e. The molecular formula is C23H24F3N5O.